The molecule has 2 fully saturated rings. The minimum atomic E-state index is -4.54. The number of carbonyl (C=O) groups is 1. The maximum atomic E-state index is 13.0. The fourth-order valence-corrected chi connectivity index (χ4v) is 4.73. The molecule has 0 unspecified atom stereocenters. The molecule has 1 saturated carbocycles. The third-order valence-electron chi connectivity index (χ3n) is 6.70. The summed E-state index contributed by atoms with van der Waals surface area (Å²) in [7, 11) is 0. The molecule has 2 heterocycles. The summed E-state index contributed by atoms with van der Waals surface area (Å²) in [6.07, 6.45) is 2.69. The predicted molar refractivity (Wildman–Crippen MR) is 122 cm³/mol. The Balaban J connectivity index is 1.49. The monoisotopic (exact) mass is 470 g/mol. The van der Waals surface area contributed by atoms with Crippen molar-refractivity contribution >= 4 is 11.7 Å². The first-order chi connectivity index (χ1) is 15.8. The molecule has 1 aromatic heterocycles. The van der Waals surface area contributed by atoms with Gasteiger partial charge in [-0.1, -0.05) is 25.8 Å². The van der Waals surface area contributed by atoms with Crippen LogP contribution in [0.5, 0.6) is 0 Å². The Morgan fingerprint density at radius 1 is 1.21 bits per heavy atom. The van der Waals surface area contributed by atoms with E-state index in [0.717, 1.165) is 64.5 Å². The van der Waals surface area contributed by atoms with Crippen molar-refractivity contribution < 1.29 is 22.7 Å². The smallest absolute Gasteiger partial charge is 0.375 e. The largest absolute Gasteiger partial charge is 0.433 e. The van der Waals surface area contributed by atoms with E-state index in [-0.39, 0.29) is 23.7 Å². The molecule has 0 bridgehead atoms. The zero-order chi connectivity index (χ0) is 23.7. The minimum absolute atomic E-state index is 0.0492. The van der Waals surface area contributed by atoms with Gasteiger partial charge in [-0.25, -0.2) is 4.98 Å². The van der Waals surface area contributed by atoms with Crippen molar-refractivity contribution in [2.45, 2.75) is 70.1 Å². The number of nitrogens with zero attached hydrogens (tertiary/aromatic N) is 3. The van der Waals surface area contributed by atoms with Crippen LogP contribution in [0.1, 0.15) is 64.0 Å². The molecule has 0 atom stereocenters. The number of rotatable bonds is 11. The molecule has 1 N–H and O–H groups in total. The van der Waals surface area contributed by atoms with Crippen LogP contribution in [0, 0.1) is 0 Å². The zero-order valence-corrected chi connectivity index (χ0v) is 19.6. The second-order valence-corrected chi connectivity index (χ2v) is 9.07. The van der Waals surface area contributed by atoms with Gasteiger partial charge in [-0.15, -0.1) is 0 Å². The summed E-state index contributed by atoms with van der Waals surface area (Å²) < 4.78 is 45.5. The van der Waals surface area contributed by atoms with Crippen LogP contribution in [-0.4, -0.2) is 67.3 Å². The van der Waals surface area contributed by atoms with Crippen LogP contribution < -0.4 is 10.2 Å². The van der Waals surface area contributed by atoms with E-state index in [1.807, 2.05) is 0 Å². The van der Waals surface area contributed by atoms with Gasteiger partial charge in [0.05, 0.1) is 5.60 Å². The van der Waals surface area contributed by atoms with Gasteiger partial charge in [-0.05, 0) is 44.2 Å². The highest BCUT2D eigenvalue weighted by atomic mass is 19.4. The number of unbranched alkanes of at least 4 members (excludes halogenated alkanes) is 1. The molecule has 33 heavy (non-hydrogen) atoms. The van der Waals surface area contributed by atoms with Gasteiger partial charge >= 0.3 is 6.18 Å². The molecule has 2 aliphatic rings. The topological polar surface area (TPSA) is 57.7 Å². The lowest BCUT2D eigenvalue weighted by Gasteiger charge is -2.34. The molecule has 186 valence electrons. The van der Waals surface area contributed by atoms with Crippen molar-refractivity contribution in [3.63, 3.8) is 0 Å². The Morgan fingerprint density at radius 3 is 2.61 bits per heavy atom. The quantitative estimate of drug-likeness (QED) is 0.490. The van der Waals surface area contributed by atoms with Crippen LogP contribution in [0.15, 0.2) is 18.2 Å². The van der Waals surface area contributed by atoms with E-state index in [0.29, 0.717) is 19.6 Å². The number of nitrogens with one attached hydrogen (secondary N) is 1. The molecule has 0 radical (unpaired) electrons. The van der Waals surface area contributed by atoms with Gasteiger partial charge < -0.3 is 15.0 Å². The van der Waals surface area contributed by atoms with Gasteiger partial charge in [-0.3, -0.25) is 9.69 Å². The van der Waals surface area contributed by atoms with Crippen molar-refractivity contribution in [3.8, 4) is 0 Å². The lowest BCUT2D eigenvalue weighted by Crippen LogP contribution is -2.45. The van der Waals surface area contributed by atoms with Crippen molar-refractivity contribution in [2.24, 2.45) is 0 Å². The highest BCUT2D eigenvalue weighted by Crippen LogP contribution is 2.36. The normalized spacial score (nSPS) is 19.0. The first kappa shape index (κ1) is 25.9. The lowest BCUT2D eigenvalue weighted by atomic mass is 9.97. The fraction of sp³-hybridized carbons (Fsp3) is 0.750. The average molecular weight is 471 g/mol. The van der Waals surface area contributed by atoms with Crippen LogP contribution in [0.25, 0.3) is 0 Å². The summed E-state index contributed by atoms with van der Waals surface area (Å²) in [4.78, 5) is 20.0. The average Bonchev–Trinajstić information content (AvgIpc) is 3.29. The molecule has 0 spiro atoms. The summed E-state index contributed by atoms with van der Waals surface area (Å²) in [6, 6.07) is 3.68. The summed E-state index contributed by atoms with van der Waals surface area (Å²) in [6.45, 7) is 7.95. The Labute approximate surface area is 194 Å². The second-order valence-electron chi connectivity index (χ2n) is 9.07. The first-order valence-electron chi connectivity index (χ1n) is 12.2. The van der Waals surface area contributed by atoms with E-state index in [1.165, 1.54) is 29.9 Å². The van der Waals surface area contributed by atoms with E-state index in [4.69, 9.17) is 4.74 Å². The number of aromatic nitrogens is 1. The second kappa shape index (κ2) is 12.1. The van der Waals surface area contributed by atoms with Crippen molar-refractivity contribution in [2.75, 3.05) is 50.8 Å². The molecular weight excluding hydrogens is 433 g/mol. The van der Waals surface area contributed by atoms with Crippen LogP contribution >= 0.6 is 0 Å². The molecular formula is C24H37F3N4O2. The van der Waals surface area contributed by atoms with Crippen LogP contribution in [0.2, 0.25) is 0 Å². The molecule has 1 aromatic rings. The van der Waals surface area contributed by atoms with Gasteiger partial charge in [-0.2, -0.15) is 13.2 Å². The number of alkyl halides is 3. The molecule has 1 amide bonds. The van der Waals surface area contributed by atoms with Gasteiger partial charge in [0.15, 0.2) is 0 Å². The number of halogens is 3. The lowest BCUT2D eigenvalue weighted by molar-refractivity contribution is -0.141. The Morgan fingerprint density at radius 2 is 1.94 bits per heavy atom. The van der Waals surface area contributed by atoms with E-state index < -0.39 is 11.9 Å². The number of pyridine rings is 1. The fourth-order valence-electron chi connectivity index (χ4n) is 4.73. The third kappa shape index (κ3) is 7.65. The maximum Gasteiger partial charge on any atom is 0.433 e. The molecule has 1 aliphatic heterocycles. The van der Waals surface area contributed by atoms with E-state index in [9.17, 15) is 18.0 Å². The van der Waals surface area contributed by atoms with Gasteiger partial charge in [0.2, 0.25) is 5.91 Å². The highest BCUT2D eigenvalue weighted by molar-refractivity contribution is 5.92. The zero-order valence-electron chi connectivity index (χ0n) is 19.6. The summed E-state index contributed by atoms with van der Waals surface area (Å²) in [5.41, 5.74) is -1.03. The Bertz CT molecular complexity index is 747. The van der Waals surface area contributed by atoms with E-state index in [1.54, 1.807) is 6.92 Å². The summed E-state index contributed by atoms with van der Waals surface area (Å²) in [5, 5.41) is 3.38. The number of amides is 1. The van der Waals surface area contributed by atoms with Crippen LogP contribution in [0.4, 0.5) is 19.0 Å². The molecule has 9 heteroatoms. The van der Waals surface area contributed by atoms with Gasteiger partial charge in [0, 0.05) is 52.3 Å². The first-order valence-corrected chi connectivity index (χ1v) is 12.2. The van der Waals surface area contributed by atoms with Crippen molar-refractivity contribution in [3.05, 3.63) is 23.9 Å². The summed E-state index contributed by atoms with van der Waals surface area (Å²) >= 11 is 0. The molecule has 1 saturated heterocycles. The molecule has 0 aromatic carbocycles. The third-order valence-corrected chi connectivity index (χ3v) is 6.70. The number of piperazine rings is 1. The Kier molecular flexibility index (Phi) is 9.52. The number of anilines is 1. The molecule has 3 rings (SSSR count). The van der Waals surface area contributed by atoms with Crippen molar-refractivity contribution in [1.82, 2.24) is 15.2 Å². The number of ether oxygens (including phenoxy) is 1. The molecule has 1 aliphatic carbocycles. The van der Waals surface area contributed by atoms with Crippen LogP contribution in [0.3, 0.4) is 0 Å². The van der Waals surface area contributed by atoms with Gasteiger partial charge in [0.25, 0.3) is 0 Å². The Hall–Kier alpha value is -1.71. The predicted octanol–water partition coefficient (Wildman–Crippen LogP) is 4.25. The maximum absolute atomic E-state index is 13.0. The number of hydrogen-bond acceptors (Lipinski definition) is 5. The standard InChI is InChI=1S/C24H37F3N4O2/c1-2-22(32)31(21-9-7-8-20(29-21)24(25,26)27)15-5-6-19-33-23(10-3-4-11-23)12-16-30-17-13-28-14-18-30/h7-9,28H,2-6,10-19H2,1H3. The summed E-state index contributed by atoms with van der Waals surface area (Å²) in [5.74, 6) is -0.174. The highest BCUT2D eigenvalue weighted by Gasteiger charge is 2.35. The van der Waals surface area contributed by atoms with Crippen molar-refractivity contribution in [1.29, 1.82) is 0 Å². The van der Waals surface area contributed by atoms with E-state index >= 15 is 0 Å². The SMILES string of the molecule is CCC(=O)N(CCCCOC1(CCN2CCNCC2)CCCC1)c1cccc(C(F)(F)F)n1. The van der Waals surface area contributed by atoms with Gasteiger partial charge in [0.1, 0.15) is 11.5 Å². The minimum Gasteiger partial charge on any atom is -0.375 e. The number of carbonyl (C=O) groups excluding carboxylic acids is 1. The van der Waals surface area contributed by atoms with E-state index in [2.05, 4.69) is 15.2 Å². The number of hydrogen-bond donors (Lipinski definition) is 1. The molecule has 6 nitrogen and oxygen atoms in total. The van der Waals surface area contributed by atoms with Crippen LogP contribution in [-0.2, 0) is 15.7 Å².